The van der Waals surface area contributed by atoms with E-state index in [9.17, 15) is 9.59 Å². The molecular weight excluding hydrogens is 476 g/mol. The Labute approximate surface area is 224 Å². The average molecular weight is 513 g/mol. The van der Waals surface area contributed by atoms with Gasteiger partial charge in [-0.05, 0) is 80.3 Å². The number of likely N-dealkylation sites (N-methyl/N-ethyl adjacent to an activating group) is 1. The fraction of sp³-hybridized carbons (Fsp3) is 0.367. The largest absolute Gasteiger partial charge is 0.399 e. The molecule has 3 heterocycles. The third-order valence-electron chi connectivity index (χ3n) is 7.76. The number of rotatable bonds is 5. The number of hydrogen-bond donors (Lipinski definition) is 2. The number of piperidine rings is 1. The number of nitrogens with one attached hydrogen (secondary N) is 1. The lowest BCUT2D eigenvalue weighted by Gasteiger charge is -2.33. The number of nitrogen functional groups attached to an aromatic ring is 1. The molecule has 2 aliphatic rings. The van der Waals surface area contributed by atoms with Crippen molar-refractivity contribution < 1.29 is 9.59 Å². The molecule has 0 bridgehead atoms. The van der Waals surface area contributed by atoms with Crippen molar-refractivity contribution in [3.63, 3.8) is 0 Å². The van der Waals surface area contributed by atoms with Gasteiger partial charge in [0, 0.05) is 62.4 Å². The van der Waals surface area contributed by atoms with Gasteiger partial charge in [-0.25, -0.2) is 4.98 Å². The Balaban J connectivity index is 1.21. The molecule has 0 unspecified atom stereocenters. The monoisotopic (exact) mass is 512 g/mol. The van der Waals surface area contributed by atoms with Crippen LogP contribution >= 0.6 is 0 Å². The minimum absolute atomic E-state index is 0.00514. The first kappa shape index (κ1) is 25.7. The van der Waals surface area contributed by atoms with Crippen LogP contribution in [0.25, 0.3) is 0 Å². The van der Waals surface area contributed by atoms with Crippen LogP contribution in [0.2, 0.25) is 0 Å². The van der Waals surface area contributed by atoms with E-state index >= 15 is 0 Å². The Bertz CT molecular complexity index is 1280. The summed E-state index contributed by atoms with van der Waals surface area (Å²) in [5, 5.41) is 2.98. The first-order chi connectivity index (χ1) is 18.4. The molecule has 0 aliphatic carbocycles. The number of aromatic nitrogens is 1. The lowest BCUT2D eigenvalue weighted by molar-refractivity contribution is 0.0712. The van der Waals surface area contributed by atoms with E-state index in [4.69, 9.17) is 5.73 Å². The number of anilines is 3. The second-order valence-electron chi connectivity index (χ2n) is 10.4. The van der Waals surface area contributed by atoms with E-state index in [2.05, 4.69) is 39.3 Å². The summed E-state index contributed by atoms with van der Waals surface area (Å²) in [5.74, 6) is 1.08. The third kappa shape index (κ3) is 5.81. The smallest absolute Gasteiger partial charge is 0.257 e. The molecule has 8 heteroatoms. The summed E-state index contributed by atoms with van der Waals surface area (Å²) in [6, 6.07) is 17.3. The summed E-state index contributed by atoms with van der Waals surface area (Å²) in [5.41, 5.74) is 10.5. The van der Waals surface area contributed by atoms with E-state index < -0.39 is 0 Å². The second-order valence-corrected chi connectivity index (χ2v) is 10.4. The van der Waals surface area contributed by atoms with Gasteiger partial charge in [0.25, 0.3) is 11.8 Å². The van der Waals surface area contributed by atoms with Crippen LogP contribution in [0, 0.1) is 6.92 Å². The molecule has 0 atom stereocenters. The van der Waals surface area contributed by atoms with Crippen LogP contribution in [0.1, 0.15) is 50.6 Å². The second kappa shape index (κ2) is 11.2. The molecule has 0 spiro atoms. The van der Waals surface area contributed by atoms with E-state index in [-0.39, 0.29) is 11.8 Å². The highest BCUT2D eigenvalue weighted by atomic mass is 16.2. The first-order valence-corrected chi connectivity index (χ1v) is 13.3. The summed E-state index contributed by atoms with van der Waals surface area (Å²) in [4.78, 5) is 37.3. The average Bonchev–Trinajstić information content (AvgIpc) is 2.95. The Kier molecular flexibility index (Phi) is 7.60. The van der Waals surface area contributed by atoms with Crippen molar-refractivity contribution in [2.75, 3.05) is 62.3 Å². The topological polar surface area (TPSA) is 94.8 Å². The molecule has 0 radical (unpaired) electrons. The number of nitrogens with two attached hydrogens (primary N) is 1. The minimum atomic E-state index is -0.237. The van der Waals surface area contributed by atoms with Crippen LogP contribution in [0.4, 0.5) is 17.2 Å². The summed E-state index contributed by atoms with van der Waals surface area (Å²) < 4.78 is 0. The lowest BCUT2D eigenvalue weighted by Crippen LogP contribution is -2.44. The van der Waals surface area contributed by atoms with Gasteiger partial charge in [-0.2, -0.15) is 0 Å². The highest BCUT2D eigenvalue weighted by molar-refractivity contribution is 6.05. The SMILES string of the molecule is Cc1ccc(C(=O)N2CCC(c3ccc(N)cc3)CC2)cc1NC(=O)c1ccc(N2CCN(C)CC2)nc1. The van der Waals surface area contributed by atoms with Gasteiger partial charge < -0.3 is 25.8 Å². The van der Waals surface area contributed by atoms with Gasteiger partial charge in [0.15, 0.2) is 0 Å². The Morgan fingerprint density at radius 2 is 1.58 bits per heavy atom. The van der Waals surface area contributed by atoms with Crippen molar-refractivity contribution in [3.05, 3.63) is 83.0 Å². The summed E-state index contributed by atoms with van der Waals surface area (Å²) in [6.45, 7) is 7.18. The van der Waals surface area contributed by atoms with E-state index in [0.717, 1.165) is 56.1 Å². The van der Waals surface area contributed by atoms with E-state index in [1.54, 1.807) is 12.3 Å². The van der Waals surface area contributed by atoms with Crippen molar-refractivity contribution >= 4 is 29.0 Å². The molecule has 3 aromatic rings. The van der Waals surface area contributed by atoms with Crippen molar-refractivity contribution in [2.45, 2.75) is 25.7 Å². The zero-order chi connectivity index (χ0) is 26.6. The molecule has 2 fully saturated rings. The molecule has 198 valence electrons. The van der Waals surface area contributed by atoms with Gasteiger partial charge in [-0.1, -0.05) is 18.2 Å². The molecule has 2 saturated heterocycles. The van der Waals surface area contributed by atoms with E-state index in [1.807, 2.05) is 48.2 Å². The van der Waals surface area contributed by atoms with Gasteiger partial charge in [0.05, 0.1) is 5.56 Å². The zero-order valence-electron chi connectivity index (χ0n) is 22.2. The maximum Gasteiger partial charge on any atom is 0.257 e. The maximum absolute atomic E-state index is 13.3. The van der Waals surface area contributed by atoms with Gasteiger partial charge in [0.1, 0.15) is 5.82 Å². The van der Waals surface area contributed by atoms with Crippen LogP contribution in [-0.4, -0.2) is 72.9 Å². The molecule has 2 aromatic carbocycles. The standard InChI is InChI=1S/C30H36N6O2/c1-21-3-4-24(30(38)36-13-11-23(12-14-36)22-5-8-26(31)9-6-22)19-27(21)33-29(37)25-7-10-28(32-20-25)35-17-15-34(2)16-18-35/h3-10,19-20,23H,11-18,31H2,1-2H3,(H,33,37). The van der Waals surface area contributed by atoms with Crippen molar-refractivity contribution in [1.82, 2.24) is 14.8 Å². The van der Waals surface area contributed by atoms with E-state index in [1.165, 1.54) is 5.56 Å². The van der Waals surface area contributed by atoms with Gasteiger partial charge in [0.2, 0.25) is 0 Å². The number of piperazine rings is 1. The van der Waals surface area contributed by atoms with E-state index in [0.29, 0.717) is 35.8 Å². The van der Waals surface area contributed by atoms with Crippen molar-refractivity contribution in [1.29, 1.82) is 0 Å². The van der Waals surface area contributed by atoms with Crippen LogP contribution in [0.15, 0.2) is 60.8 Å². The maximum atomic E-state index is 13.3. The number of amides is 2. The summed E-state index contributed by atoms with van der Waals surface area (Å²) in [6.07, 6.45) is 3.46. The number of hydrogen-bond acceptors (Lipinski definition) is 6. The predicted molar refractivity (Wildman–Crippen MR) is 152 cm³/mol. The van der Waals surface area contributed by atoms with Crippen molar-refractivity contribution in [3.8, 4) is 0 Å². The highest BCUT2D eigenvalue weighted by Crippen LogP contribution is 2.29. The molecule has 3 N–H and O–H groups in total. The zero-order valence-corrected chi connectivity index (χ0v) is 22.2. The Hall–Kier alpha value is -3.91. The van der Waals surface area contributed by atoms with Gasteiger partial charge in [-0.3, -0.25) is 9.59 Å². The molecule has 2 amide bonds. The molecule has 1 aromatic heterocycles. The Morgan fingerprint density at radius 3 is 2.24 bits per heavy atom. The van der Waals surface area contributed by atoms with Crippen molar-refractivity contribution in [2.24, 2.45) is 0 Å². The Morgan fingerprint density at radius 1 is 0.895 bits per heavy atom. The molecule has 0 saturated carbocycles. The van der Waals surface area contributed by atoms with Gasteiger partial charge >= 0.3 is 0 Å². The fourth-order valence-corrected chi connectivity index (χ4v) is 5.19. The number of pyridine rings is 1. The van der Waals surface area contributed by atoms with Crippen LogP contribution in [0.5, 0.6) is 0 Å². The normalized spacial score (nSPS) is 16.9. The number of nitrogens with zero attached hydrogens (tertiary/aromatic N) is 4. The number of carbonyl (C=O) groups is 2. The minimum Gasteiger partial charge on any atom is -0.399 e. The third-order valence-corrected chi connectivity index (χ3v) is 7.76. The molecule has 38 heavy (non-hydrogen) atoms. The van der Waals surface area contributed by atoms with Crippen LogP contribution in [-0.2, 0) is 0 Å². The molecule has 2 aliphatic heterocycles. The molecule has 8 nitrogen and oxygen atoms in total. The highest BCUT2D eigenvalue weighted by Gasteiger charge is 2.25. The van der Waals surface area contributed by atoms with Crippen LogP contribution in [0.3, 0.4) is 0 Å². The number of likely N-dealkylation sites (tertiary alicyclic amines) is 1. The first-order valence-electron chi connectivity index (χ1n) is 13.3. The molecule has 5 rings (SSSR count). The number of benzene rings is 2. The van der Waals surface area contributed by atoms with Crippen LogP contribution < -0.4 is 16.0 Å². The summed E-state index contributed by atoms with van der Waals surface area (Å²) in [7, 11) is 2.12. The number of aryl methyl sites for hydroxylation is 1. The summed E-state index contributed by atoms with van der Waals surface area (Å²) >= 11 is 0. The predicted octanol–water partition coefficient (Wildman–Crippen LogP) is 4.00. The lowest BCUT2D eigenvalue weighted by atomic mass is 9.89. The van der Waals surface area contributed by atoms with Gasteiger partial charge in [-0.15, -0.1) is 0 Å². The quantitative estimate of drug-likeness (QED) is 0.502. The molecular formula is C30H36N6O2. The fourth-order valence-electron chi connectivity index (χ4n) is 5.19. The number of carbonyl (C=O) groups excluding carboxylic acids is 2.